The van der Waals surface area contributed by atoms with E-state index in [4.69, 9.17) is 21.6 Å². The van der Waals surface area contributed by atoms with Gasteiger partial charge in [0.05, 0.1) is 6.54 Å². The molecule has 7 heteroatoms. The van der Waals surface area contributed by atoms with Crippen molar-refractivity contribution < 1.29 is 4.79 Å². The highest BCUT2D eigenvalue weighted by atomic mass is 35.5. The van der Waals surface area contributed by atoms with Crippen molar-refractivity contribution >= 4 is 23.3 Å². The van der Waals surface area contributed by atoms with E-state index >= 15 is 0 Å². The van der Waals surface area contributed by atoms with E-state index in [1.165, 1.54) is 0 Å². The Kier molecular flexibility index (Phi) is 5.38. The number of halogens is 1. The number of amides is 1. The summed E-state index contributed by atoms with van der Waals surface area (Å²) < 4.78 is 0. The number of aryl methyl sites for hydroxylation is 2. The molecule has 1 aliphatic rings. The van der Waals surface area contributed by atoms with Crippen molar-refractivity contribution in [2.75, 3.05) is 18.5 Å². The van der Waals surface area contributed by atoms with Crippen LogP contribution < -0.4 is 10.2 Å². The molecule has 0 fully saturated rings. The lowest BCUT2D eigenvalue weighted by Gasteiger charge is -2.25. The Bertz CT molecular complexity index is 855. The molecule has 0 saturated carbocycles. The van der Waals surface area contributed by atoms with Crippen molar-refractivity contribution in [3.63, 3.8) is 0 Å². The molecule has 2 aromatic rings. The van der Waals surface area contributed by atoms with Gasteiger partial charge in [-0.05, 0) is 59.1 Å². The number of nitrogens with one attached hydrogen (secondary N) is 1. The fourth-order valence-corrected chi connectivity index (χ4v) is 3.59. The Morgan fingerprint density at radius 3 is 2.63 bits per heavy atom. The molecule has 0 radical (unpaired) electrons. The number of fused-ring (bicyclic) bond motifs is 1. The van der Waals surface area contributed by atoms with E-state index in [1.807, 2.05) is 45.7 Å². The van der Waals surface area contributed by atoms with Crippen LogP contribution in [0.5, 0.6) is 0 Å². The first-order valence-corrected chi connectivity index (χ1v) is 9.57. The van der Waals surface area contributed by atoms with Gasteiger partial charge in [-0.2, -0.15) is 0 Å². The van der Waals surface area contributed by atoms with Gasteiger partial charge in [-0.1, -0.05) is 11.6 Å². The number of nitrogens with zero attached hydrogens (tertiary/aromatic N) is 4. The minimum absolute atomic E-state index is 0.0337. The Labute approximate surface area is 165 Å². The number of carbonyl (C=O) groups excluding carboxylic acids is 1. The second-order valence-corrected chi connectivity index (χ2v) is 8.55. The lowest BCUT2D eigenvalue weighted by atomic mass is 10.1. The van der Waals surface area contributed by atoms with Gasteiger partial charge in [0.2, 0.25) is 5.91 Å². The minimum Gasteiger partial charge on any atom is -0.350 e. The standard InChI is InChI=1S/C20H26ClN5O/c1-12-9-13(21)10-16(22-12)18-23-15-8-6-7-14(15)19(24-18)26(5)11-17(27)25-20(2,3)4/h9-10H,6-8,11H2,1-5H3,(H,25,27). The predicted octanol–water partition coefficient (Wildman–Crippen LogP) is 3.34. The number of aromatic nitrogens is 3. The summed E-state index contributed by atoms with van der Waals surface area (Å²) in [5.41, 5.74) is 3.38. The third kappa shape index (κ3) is 4.75. The first kappa shape index (κ1) is 19.5. The molecule has 0 atom stereocenters. The molecule has 2 aromatic heterocycles. The quantitative estimate of drug-likeness (QED) is 0.871. The zero-order valence-corrected chi connectivity index (χ0v) is 17.3. The molecule has 0 unspecified atom stereocenters. The maximum atomic E-state index is 12.4. The van der Waals surface area contributed by atoms with Gasteiger partial charge in [0.15, 0.2) is 5.82 Å². The molecule has 1 amide bonds. The fourth-order valence-electron chi connectivity index (χ4n) is 3.33. The minimum atomic E-state index is -0.265. The molecule has 2 heterocycles. The third-order valence-corrected chi connectivity index (χ3v) is 4.53. The van der Waals surface area contributed by atoms with Crippen LogP contribution in [0.4, 0.5) is 5.82 Å². The van der Waals surface area contributed by atoms with E-state index in [0.29, 0.717) is 16.5 Å². The second-order valence-electron chi connectivity index (χ2n) is 8.12. The van der Waals surface area contributed by atoms with Crippen LogP contribution >= 0.6 is 11.6 Å². The molecule has 144 valence electrons. The average molecular weight is 388 g/mol. The lowest BCUT2D eigenvalue weighted by Crippen LogP contribution is -2.45. The molecular weight excluding hydrogens is 362 g/mol. The molecule has 1 N–H and O–H groups in total. The van der Waals surface area contributed by atoms with Gasteiger partial charge >= 0.3 is 0 Å². The number of rotatable bonds is 4. The molecule has 27 heavy (non-hydrogen) atoms. The van der Waals surface area contributed by atoms with Crippen molar-refractivity contribution in [1.82, 2.24) is 20.3 Å². The summed E-state index contributed by atoms with van der Waals surface area (Å²) >= 11 is 6.19. The van der Waals surface area contributed by atoms with Crippen molar-refractivity contribution in [2.24, 2.45) is 0 Å². The summed E-state index contributed by atoms with van der Waals surface area (Å²) in [6.45, 7) is 8.05. The molecule has 3 rings (SSSR count). The van der Waals surface area contributed by atoms with E-state index in [0.717, 1.165) is 42.0 Å². The maximum absolute atomic E-state index is 12.4. The van der Waals surface area contributed by atoms with Gasteiger partial charge in [0, 0.05) is 34.6 Å². The monoisotopic (exact) mass is 387 g/mol. The second kappa shape index (κ2) is 7.43. The van der Waals surface area contributed by atoms with Gasteiger partial charge < -0.3 is 10.2 Å². The highest BCUT2D eigenvalue weighted by Gasteiger charge is 2.24. The van der Waals surface area contributed by atoms with Gasteiger partial charge in [0.25, 0.3) is 0 Å². The van der Waals surface area contributed by atoms with Crippen LogP contribution in [0, 0.1) is 6.92 Å². The van der Waals surface area contributed by atoms with Crippen molar-refractivity contribution in [2.45, 2.75) is 52.5 Å². The summed E-state index contributed by atoms with van der Waals surface area (Å²) in [4.78, 5) is 28.3. The van der Waals surface area contributed by atoms with Crippen molar-refractivity contribution in [3.8, 4) is 11.5 Å². The highest BCUT2D eigenvalue weighted by molar-refractivity contribution is 6.30. The number of anilines is 1. The summed E-state index contributed by atoms with van der Waals surface area (Å²) in [7, 11) is 1.89. The molecular formula is C20H26ClN5O. The first-order valence-electron chi connectivity index (χ1n) is 9.19. The number of likely N-dealkylation sites (N-methyl/N-ethyl adjacent to an activating group) is 1. The molecule has 0 aliphatic heterocycles. The van der Waals surface area contributed by atoms with E-state index in [-0.39, 0.29) is 18.0 Å². The molecule has 0 aromatic carbocycles. The number of hydrogen-bond donors (Lipinski definition) is 1. The number of hydrogen-bond acceptors (Lipinski definition) is 5. The summed E-state index contributed by atoms with van der Waals surface area (Å²) in [5, 5.41) is 3.61. The van der Waals surface area contributed by atoms with E-state index in [2.05, 4.69) is 10.3 Å². The molecule has 6 nitrogen and oxygen atoms in total. The molecule has 1 aliphatic carbocycles. The van der Waals surface area contributed by atoms with Gasteiger partial charge in [-0.25, -0.2) is 15.0 Å². The molecule has 0 bridgehead atoms. The summed E-state index contributed by atoms with van der Waals surface area (Å²) in [6.07, 6.45) is 2.89. The zero-order valence-electron chi connectivity index (χ0n) is 16.6. The smallest absolute Gasteiger partial charge is 0.239 e. The summed E-state index contributed by atoms with van der Waals surface area (Å²) in [5.74, 6) is 1.32. The van der Waals surface area contributed by atoms with Crippen molar-refractivity contribution in [3.05, 3.63) is 34.1 Å². The van der Waals surface area contributed by atoms with Gasteiger partial charge in [-0.3, -0.25) is 4.79 Å². The van der Waals surface area contributed by atoms with Crippen LogP contribution in [0.25, 0.3) is 11.5 Å². The zero-order chi connectivity index (χ0) is 19.8. The molecule has 0 saturated heterocycles. The molecule has 0 spiro atoms. The normalized spacial score (nSPS) is 13.4. The Morgan fingerprint density at radius 1 is 1.22 bits per heavy atom. The maximum Gasteiger partial charge on any atom is 0.239 e. The largest absolute Gasteiger partial charge is 0.350 e. The Morgan fingerprint density at radius 2 is 1.96 bits per heavy atom. The van der Waals surface area contributed by atoms with Crippen LogP contribution in [0.1, 0.15) is 44.1 Å². The third-order valence-electron chi connectivity index (χ3n) is 4.32. The number of pyridine rings is 1. The number of carbonyl (C=O) groups is 1. The van der Waals surface area contributed by atoms with Gasteiger partial charge in [0.1, 0.15) is 11.5 Å². The van der Waals surface area contributed by atoms with Crippen molar-refractivity contribution in [1.29, 1.82) is 0 Å². The summed E-state index contributed by atoms with van der Waals surface area (Å²) in [6, 6.07) is 3.59. The Balaban J connectivity index is 1.95. The van der Waals surface area contributed by atoms with Gasteiger partial charge in [-0.15, -0.1) is 0 Å². The highest BCUT2D eigenvalue weighted by Crippen LogP contribution is 2.31. The Hall–Kier alpha value is -2.21. The topological polar surface area (TPSA) is 71.0 Å². The predicted molar refractivity (Wildman–Crippen MR) is 108 cm³/mol. The van der Waals surface area contributed by atoms with Crippen LogP contribution in [-0.4, -0.2) is 40.0 Å². The van der Waals surface area contributed by atoms with E-state index < -0.39 is 0 Å². The van der Waals surface area contributed by atoms with Crippen LogP contribution in [0.3, 0.4) is 0 Å². The van der Waals surface area contributed by atoms with E-state index in [9.17, 15) is 4.79 Å². The average Bonchev–Trinajstić information content (AvgIpc) is 2.99. The van der Waals surface area contributed by atoms with Crippen LogP contribution in [0.15, 0.2) is 12.1 Å². The lowest BCUT2D eigenvalue weighted by molar-refractivity contribution is -0.121. The van der Waals surface area contributed by atoms with E-state index in [1.54, 1.807) is 6.07 Å². The fraction of sp³-hybridized carbons (Fsp3) is 0.500. The van der Waals surface area contributed by atoms with Crippen LogP contribution in [-0.2, 0) is 17.6 Å². The first-order chi connectivity index (χ1) is 12.6. The SMILES string of the molecule is Cc1cc(Cl)cc(-c2nc3c(c(N(C)CC(=O)NC(C)(C)C)n2)CCC3)n1. The van der Waals surface area contributed by atoms with Crippen LogP contribution in [0.2, 0.25) is 5.02 Å².